The van der Waals surface area contributed by atoms with Crippen molar-refractivity contribution in [1.82, 2.24) is 30.6 Å². The van der Waals surface area contributed by atoms with Crippen LogP contribution in [0.3, 0.4) is 0 Å². The summed E-state index contributed by atoms with van der Waals surface area (Å²) in [6.07, 6.45) is 13.0. The number of piperidine rings is 1. The van der Waals surface area contributed by atoms with Crippen molar-refractivity contribution in [3.05, 3.63) is 76.7 Å². The van der Waals surface area contributed by atoms with Gasteiger partial charge in [0.05, 0.1) is 41.2 Å². The van der Waals surface area contributed by atoms with Crippen LogP contribution in [0.5, 0.6) is 11.5 Å². The number of carbonyl (C=O) groups excluding carboxylic acids is 3. The van der Waals surface area contributed by atoms with Crippen LogP contribution in [-0.4, -0.2) is 108 Å². The van der Waals surface area contributed by atoms with Crippen LogP contribution in [0.4, 0.5) is 29.1 Å². The van der Waals surface area contributed by atoms with Gasteiger partial charge in [0.25, 0.3) is 11.8 Å². The zero-order valence-electron chi connectivity index (χ0n) is 40.7. The van der Waals surface area contributed by atoms with Crippen molar-refractivity contribution in [2.24, 2.45) is 10.8 Å². The lowest BCUT2D eigenvalue weighted by Gasteiger charge is -2.63. The number of hydrogen-bond donors (Lipinski definition) is 3. The van der Waals surface area contributed by atoms with E-state index in [9.17, 15) is 19.6 Å². The SMILES string of the molecule is CC[C@@H]1C(=O)N(C)c2cnc(Nc3ccc(C(=O)NCCCCOC4CCN(c5ncc(C(=O)N[C@H]6C(C)(C)[C@H](Oc7ccc(C#N)c(Cl)c7)C6(C)C)cn5)CC4)cc3OC)nc2N1C1CCCC1. The van der Waals surface area contributed by atoms with Crippen LogP contribution in [0.2, 0.25) is 5.02 Å². The standard InChI is InChI=1S/C51H64ClN11O6/c1-8-39-45(66)61(6)40-30-55-48(59-42(40)63(39)34-13-9-10-14-34)58-38-18-16-31(25-41(38)67-7)43(64)54-21-11-12-24-68-35-19-22-62(23-20-35)49-56-28-33(29-57-49)44(65)60-46-50(2,3)47(51(46,4)5)69-36-17-15-32(27-53)37(52)26-36/h15-18,25-26,28-30,34-35,39,46-47H,8-14,19-24H2,1-7H3,(H,54,64)(H,60,65)(H,55,58,59)/t39-,46-,47-/m1/s1. The first-order valence-corrected chi connectivity index (χ1v) is 24.5. The molecule has 2 aromatic heterocycles. The topological polar surface area (TPSA) is 200 Å². The van der Waals surface area contributed by atoms with Crippen LogP contribution in [0, 0.1) is 22.2 Å². The number of nitriles is 1. The first kappa shape index (κ1) is 49.2. The number of anilines is 5. The molecule has 1 atom stereocenters. The molecule has 0 bridgehead atoms. The van der Waals surface area contributed by atoms with Crippen LogP contribution in [0.25, 0.3) is 0 Å². The Morgan fingerprint density at radius 1 is 0.928 bits per heavy atom. The van der Waals surface area contributed by atoms with Crippen molar-refractivity contribution in [3.63, 3.8) is 0 Å². The van der Waals surface area contributed by atoms with Crippen molar-refractivity contribution in [2.75, 3.05) is 60.4 Å². The molecule has 69 heavy (non-hydrogen) atoms. The van der Waals surface area contributed by atoms with Crippen LogP contribution >= 0.6 is 11.6 Å². The minimum Gasteiger partial charge on any atom is -0.495 e. The highest BCUT2D eigenvalue weighted by molar-refractivity contribution is 6.31. The largest absolute Gasteiger partial charge is 0.495 e. The first-order valence-electron chi connectivity index (χ1n) is 24.2. The Kier molecular flexibility index (Phi) is 14.8. The summed E-state index contributed by atoms with van der Waals surface area (Å²) in [5.74, 6) is 2.40. The molecule has 3 N–H and O–H groups in total. The van der Waals surface area contributed by atoms with Crippen molar-refractivity contribution in [3.8, 4) is 17.6 Å². The molecule has 0 radical (unpaired) electrons. The summed E-state index contributed by atoms with van der Waals surface area (Å²) in [6, 6.07) is 12.2. The molecule has 18 heteroatoms. The quantitative estimate of drug-likeness (QED) is 0.0864. The van der Waals surface area contributed by atoms with Gasteiger partial charge in [0.15, 0.2) is 5.82 Å². The van der Waals surface area contributed by atoms with Gasteiger partial charge >= 0.3 is 0 Å². The summed E-state index contributed by atoms with van der Waals surface area (Å²) in [5.41, 5.74) is 1.77. The Labute approximate surface area is 409 Å². The number of rotatable bonds is 17. The smallest absolute Gasteiger partial charge is 0.254 e. The van der Waals surface area contributed by atoms with Crippen molar-refractivity contribution in [2.45, 2.75) is 123 Å². The number of unbranched alkanes of at least 4 members (excludes halogenated alkanes) is 1. The Morgan fingerprint density at radius 2 is 1.65 bits per heavy atom. The average molecular weight is 963 g/mol. The molecular weight excluding hydrogens is 898 g/mol. The van der Waals surface area contributed by atoms with Crippen LogP contribution in [0.1, 0.15) is 119 Å². The number of hydrogen-bond acceptors (Lipinski definition) is 14. The molecular formula is C51H64ClN11O6. The molecule has 2 saturated carbocycles. The third-order valence-electron chi connectivity index (χ3n) is 14.4. The minimum atomic E-state index is -0.396. The van der Waals surface area contributed by atoms with E-state index in [0.29, 0.717) is 76.1 Å². The van der Waals surface area contributed by atoms with E-state index < -0.39 is 10.8 Å². The number of nitrogens with zero attached hydrogens (tertiary/aromatic N) is 8. The molecule has 3 amide bonds. The number of benzene rings is 2. The van der Waals surface area contributed by atoms with E-state index in [2.05, 4.69) is 74.5 Å². The highest BCUT2D eigenvalue weighted by atomic mass is 35.5. The molecule has 366 valence electrons. The molecule has 4 aromatic rings. The number of halogens is 1. The van der Waals surface area contributed by atoms with E-state index in [1.54, 1.807) is 74.0 Å². The van der Waals surface area contributed by atoms with E-state index in [4.69, 9.17) is 30.8 Å². The first-order chi connectivity index (χ1) is 33.1. The second-order valence-corrected chi connectivity index (χ2v) is 20.1. The zero-order valence-corrected chi connectivity index (χ0v) is 41.4. The van der Waals surface area contributed by atoms with Crippen LogP contribution in [0.15, 0.2) is 55.0 Å². The summed E-state index contributed by atoms with van der Waals surface area (Å²) in [7, 11) is 3.34. The fourth-order valence-corrected chi connectivity index (χ4v) is 11.1. The Balaban J connectivity index is 0.745. The van der Waals surface area contributed by atoms with Gasteiger partial charge in [-0.15, -0.1) is 0 Å². The predicted octanol–water partition coefficient (Wildman–Crippen LogP) is 7.86. The van der Waals surface area contributed by atoms with Gasteiger partial charge in [-0.25, -0.2) is 15.0 Å². The lowest BCUT2D eigenvalue weighted by atomic mass is 9.49. The molecule has 0 spiro atoms. The maximum absolute atomic E-state index is 13.4. The average Bonchev–Trinajstić information content (AvgIpc) is 3.89. The van der Waals surface area contributed by atoms with Crippen molar-refractivity contribution in [1.29, 1.82) is 5.26 Å². The second kappa shape index (κ2) is 20.8. The highest BCUT2D eigenvalue weighted by Crippen LogP contribution is 2.55. The molecule has 0 unspecified atom stereocenters. The molecule has 4 heterocycles. The van der Waals surface area contributed by atoms with Gasteiger partial charge in [-0.2, -0.15) is 10.2 Å². The second-order valence-electron chi connectivity index (χ2n) is 19.7. The summed E-state index contributed by atoms with van der Waals surface area (Å²) in [5, 5.41) is 19.1. The van der Waals surface area contributed by atoms with Crippen molar-refractivity contribution >= 4 is 58.4 Å². The lowest BCUT2D eigenvalue weighted by molar-refractivity contribution is -0.164. The molecule has 2 aliphatic carbocycles. The normalized spacial score (nSPS) is 20.9. The Morgan fingerprint density at radius 3 is 2.32 bits per heavy atom. The van der Waals surface area contributed by atoms with Gasteiger partial charge in [-0.1, -0.05) is 59.1 Å². The third-order valence-corrected chi connectivity index (χ3v) is 14.7. The predicted molar refractivity (Wildman–Crippen MR) is 265 cm³/mol. The molecule has 2 aliphatic heterocycles. The van der Waals surface area contributed by atoms with Gasteiger partial charge in [0.1, 0.15) is 35.4 Å². The number of fused-ring (bicyclic) bond motifs is 1. The highest BCUT2D eigenvalue weighted by Gasteiger charge is 2.64. The van der Waals surface area contributed by atoms with E-state index in [1.165, 1.54) is 0 Å². The van der Waals surface area contributed by atoms with Crippen molar-refractivity contribution < 1.29 is 28.6 Å². The molecule has 8 rings (SSSR count). The minimum absolute atomic E-state index is 0.0651. The molecule has 4 aliphatic rings. The number of aromatic nitrogens is 4. The number of likely N-dealkylation sites (N-methyl/N-ethyl adjacent to an activating group) is 1. The van der Waals surface area contributed by atoms with Crippen LogP contribution < -0.4 is 40.1 Å². The number of carbonyl (C=O) groups is 3. The number of nitrogens with one attached hydrogen (secondary N) is 3. The monoisotopic (exact) mass is 961 g/mol. The fraction of sp³-hybridized carbons (Fsp3) is 0.529. The third kappa shape index (κ3) is 10.2. The maximum atomic E-state index is 13.4. The zero-order chi connectivity index (χ0) is 49.0. The summed E-state index contributed by atoms with van der Waals surface area (Å²) < 4.78 is 18.3. The summed E-state index contributed by atoms with van der Waals surface area (Å²) in [4.78, 5) is 64.5. The van der Waals surface area contributed by atoms with Gasteiger partial charge in [-0.3, -0.25) is 14.4 Å². The summed E-state index contributed by atoms with van der Waals surface area (Å²) >= 11 is 6.25. The Bertz CT molecular complexity index is 2540. The van der Waals surface area contributed by atoms with E-state index in [1.807, 2.05) is 6.92 Å². The lowest BCUT2D eigenvalue weighted by Crippen LogP contribution is -2.74. The molecule has 2 aromatic carbocycles. The molecule has 3 fully saturated rings. The number of amides is 3. The van der Waals surface area contributed by atoms with Gasteiger partial charge in [0, 0.05) is 80.2 Å². The van der Waals surface area contributed by atoms with E-state index in [0.717, 1.165) is 70.3 Å². The van der Waals surface area contributed by atoms with E-state index >= 15 is 0 Å². The van der Waals surface area contributed by atoms with Crippen LogP contribution in [-0.2, 0) is 9.53 Å². The summed E-state index contributed by atoms with van der Waals surface area (Å²) in [6.45, 7) is 12.9. The molecule has 1 saturated heterocycles. The van der Waals surface area contributed by atoms with Gasteiger partial charge < -0.3 is 44.9 Å². The fourth-order valence-electron chi connectivity index (χ4n) is 10.9. The Hall–Kier alpha value is -6.25. The molecule has 17 nitrogen and oxygen atoms in total. The maximum Gasteiger partial charge on any atom is 0.254 e. The number of methoxy groups -OCH3 is 1. The number of ether oxygens (including phenoxy) is 3. The van der Waals surface area contributed by atoms with E-state index in [-0.39, 0.29) is 48.1 Å². The van der Waals surface area contributed by atoms with Gasteiger partial charge in [-0.05, 0) is 75.3 Å². The van der Waals surface area contributed by atoms with Gasteiger partial charge in [0.2, 0.25) is 17.8 Å².